The number of rotatable bonds is 3. The Kier molecular flexibility index (Phi) is 4.91. The smallest absolute Gasteiger partial charge is 0.411 e. The molecule has 0 bridgehead atoms. The largest absolute Gasteiger partial charge is 0.493 e. The first kappa shape index (κ1) is 17.9. The van der Waals surface area contributed by atoms with Crippen LogP contribution in [0.25, 0.3) is 0 Å². The van der Waals surface area contributed by atoms with Crippen LogP contribution in [0.5, 0.6) is 11.5 Å². The van der Waals surface area contributed by atoms with Crippen LogP contribution in [-0.4, -0.2) is 48.4 Å². The summed E-state index contributed by atoms with van der Waals surface area (Å²) in [4.78, 5) is 25.5. The minimum absolute atomic E-state index is 0.258. The second-order valence-electron chi connectivity index (χ2n) is 6.57. The average molecular weight is 337 g/mol. The average Bonchev–Trinajstić information content (AvgIpc) is 2.50. The van der Waals surface area contributed by atoms with E-state index >= 15 is 0 Å². The van der Waals surface area contributed by atoms with Crippen molar-refractivity contribution >= 4 is 12.1 Å². The van der Waals surface area contributed by atoms with E-state index in [9.17, 15) is 14.7 Å². The highest BCUT2D eigenvalue weighted by molar-refractivity contribution is 5.83. The van der Waals surface area contributed by atoms with Gasteiger partial charge in [0, 0.05) is 6.54 Å². The molecule has 132 valence electrons. The summed E-state index contributed by atoms with van der Waals surface area (Å²) >= 11 is 0. The van der Waals surface area contributed by atoms with Crippen LogP contribution in [-0.2, 0) is 16.0 Å². The predicted octanol–water partition coefficient (Wildman–Crippen LogP) is 2.62. The van der Waals surface area contributed by atoms with E-state index in [1.54, 1.807) is 32.9 Å². The van der Waals surface area contributed by atoms with Crippen molar-refractivity contribution in [2.75, 3.05) is 20.8 Å². The summed E-state index contributed by atoms with van der Waals surface area (Å²) in [6, 6.07) is 2.25. The molecule has 1 N–H and O–H groups in total. The molecule has 1 atom stereocenters. The van der Waals surface area contributed by atoms with Crippen molar-refractivity contribution in [1.29, 1.82) is 0 Å². The molecule has 0 aromatic heterocycles. The SMILES string of the molecule is COc1cc2c(cc1OC)[C@H](C(=O)O)N(C(=O)OC(C)(C)C)CC2. The van der Waals surface area contributed by atoms with Gasteiger partial charge in [0.05, 0.1) is 14.2 Å². The number of carboxylic acids is 1. The van der Waals surface area contributed by atoms with Crippen molar-refractivity contribution in [2.45, 2.75) is 38.8 Å². The van der Waals surface area contributed by atoms with Crippen molar-refractivity contribution in [2.24, 2.45) is 0 Å². The summed E-state index contributed by atoms with van der Waals surface area (Å²) in [5.41, 5.74) is 0.634. The van der Waals surface area contributed by atoms with E-state index in [0.717, 1.165) is 5.56 Å². The summed E-state index contributed by atoms with van der Waals surface area (Å²) in [5, 5.41) is 9.67. The molecule has 0 saturated carbocycles. The van der Waals surface area contributed by atoms with Crippen LogP contribution in [0.2, 0.25) is 0 Å². The third-order valence-electron chi connectivity index (χ3n) is 3.74. The third-order valence-corrected chi connectivity index (χ3v) is 3.74. The Hall–Kier alpha value is -2.44. The summed E-state index contributed by atoms with van der Waals surface area (Å²) in [6.45, 7) is 5.49. The highest BCUT2D eigenvalue weighted by atomic mass is 16.6. The summed E-state index contributed by atoms with van der Waals surface area (Å²) < 4.78 is 15.9. The van der Waals surface area contributed by atoms with E-state index in [4.69, 9.17) is 14.2 Å². The maximum atomic E-state index is 12.4. The van der Waals surface area contributed by atoms with Crippen LogP contribution in [0.15, 0.2) is 12.1 Å². The van der Waals surface area contributed by atoms with Gasteiger partial charge in [0.15, 0.2) is 17.5 Å². The standard InChI is InChI=1S/C17H23NO6/c1-17(2,3)24-16(21)18-7-6-10-8-12(22-4)13(23-5)9-11(10)14(18)15(19)20/h8-9,14H,6-7H2,1-5H3,(H,19,20)/t14-/m1/s1. The minimum Gasteiger partial charge on any atom is -0.493 e. The van der Waals surface area contributed by atoms with Crippen molar-refractivity contribution < 1.29 is 28.9 Å². The molecule has 2 rings (SSSR count). The number of aliphatic carboxylic acids is 1. The van der Waals surface area contributed by atoms with Gasteiger partial charge < -0.3 is 19.3 Å². The Labute approximate surface area is 141 Å². The van der Waals surface area contributed by atoms with Gasteiger partial charge in [0.1, 0.15) is 5.60 Å². The zero-order valence-electron chi connectivity index (χ0n) is 14.6. The molecule has 1 heterocycles. The molecule has 1 aromatic rings. The Morgan fingerprint density at radius 2 is 1.75 bits per heavy atom. The predicted molar refractivity (Wildman–Crippen MR) is 86.6 cm³/mol. The maximum absolute atomic E-state index is 12.4. The van der Waals surface area contributed by atoms with Gasteiger partial charge in [-0.3, -0.25) is 4.90 Å². The van der Waals surface area contributed by atoms with Gasteiger partial charge >= 0.3 is 12.1 Å². The first-order chi connectivity index (χ1) is 11.2. The fourth-order valence-electron chi connectivity index (χ4n) is 2.73. The Bertz CT molecular complexity index is 649. The van der Waals surface area contributed by atoms with Gasteiger partial charge in [-0.15, -0.1) is 0 Å². The van der Waals surface area contributed by atoms with E-state index in [0.29, 0.717) is 23.5 Å². The molecule has 7 heteroatoms. The van der Waals surface area contributed by atoms with Gasteiger partial charge in [0.2, 0.25) is 0 Å². The first-order valence-corrected chi connectivity index (χ1v) is 7.65. The number of carboxylic acid groups (broad SMARTS) is 1. The molecule has 0 radical (unpaired) electrons. The monoisotopic (exact) mass is 337 g/mol. The summed E-state index contributed by atoms with van der Waals surface area (Å²) in [7, 11) is 3.00. The van der Waals surface area contributed by atoms with Crippen LogP contribution in [0.1, 0.15) is 37.9 Å². The van der Waals surface area contributed by atoms with Gasteiger partial charge in [-0.25, -0.2) is 9.59 Å². The Morgan fingerprint density at radius 3 is 2.25 bits per heavy atom. The number of nitrogens with zero attached hydrogens (tertiary/aromatic N) is 1. The Morgan fingerprint density at radius 1 is 1.17 bits per heavy atom. The highest BCUT2D eigenvalue weighted by Gasteiger charge is 2.38. The lowest BCUT2D eigenvalue weighted by atomic mass is 9.92. The summed E-state index contributed by atoms with van der Waals surface area (Å²) in [5.74, 6) is -0.159. The molecule has 0 saturated heterocycles. The van der Waals surface area contributed by atoms with Crippen LogP contribution in [0.3, 0.4) is 0 Å². The van der Waals surface area contributed by atoms with Crippen LogP contribution in [0, 0.1) is 0 Å². The molecule has 1 aromatic carbocycles. The summed E-state index contributed by atoms with van der Waals surface area (Å²) in [6.07, 6.45) is -0.131. The number of methoxy groups -OCH3 is 2. The molecular formula is C17H23NO6. The molecule has 7 nitrogen and oxygen atoms in total. The fourth-order valence-corrected chi connectivity index (χ4v) is 2.73. The fraction of sp³-hybridized carbons (Fsp3) is 0.529. The lowest BCUT2D eigenvalue weighted by Crippen LogP contribution is -2.45. The molecular weight excluding hydrogens is 314 g/mol. The van der Waals surface area contributed by atoms with Gasteiger partial charge in [-0.05, 0) is 50.5 Å². The van der Waals surface area contributed by atoms with E-state index in [-0.39, 0.29) is 6.54 Å². The second kappa shape index (κ2) is 6.59. The molecule has 1 aliphatic heterocycles. The van der Waals surface area contributed by atoms with E-state index in [1.165, 1.54) is 19.1 Å². The van der Waals surface area contributed by atoms with Crippen molar-refractivity contribution in [3.63, 3.8) is 0 Å². The molecule has 0 unspecified atom stereocenters. The van der Waals surface area contributed by atoms with Gasteiger partial charge in [0.25, 0.3) is 0 Å². The molecule has 0 aliphatic carbocycles. The van der Waals surface area contributed by atoms with Gasteiger partial charge in [-0.1, -0.05) is 0 Å². The highest BCUT2D eigenvalue weighted by Crippen LogP contribution is 2.38. The molecule has 1 aliphatic rings. The van der Waals surface area contributed by atoms with Crippen molar-refractivity contribution in [3.05, 3.63) is 23.3 Å². The number of ether oxygens (including phenoxy) is 3. The lowest BCUT2D eigenvalue weighted by Gasteiger charge is -2.36. The number of carbonyl (C=O) groups excluding carboxylic acids is 1. The number of carbonyl (C=O) groups is 2. The third kappa shape index (κ3) is 3.55. The number of fused-ring (bicyclic) bond motifs is 1. The minimum atomic E-state index is -1.12. The van der Waals surface area contributed by atoms with Crippen LogP contribution >= 0.6 is 0 Å². The molecule has 24 heavy (non-hydrogen) atoms. The van der Waals surface area contributed by atoms with E-state index in [1.807, 2.05) is 0 Å². The molecule has 1 amide bonds. The van der Waals surface area contributed by atoms with Crippen molar-refractivity contribution in [1.82, 2.24) is 4.90 Å². The maximum Gasteiger partial charge on any atom is 0.411 e. The molecule has 0 fully saturated rings. The van der Waals surface area contributed by atoms with Crippen molar-refractivity contribution in [3.8, 4) is 11.5 Å². The number of benzene rings is 1. The normalized spacial score (nSPS) is 17.0. The van der Waals surface area contributed by atoms with Crippen LogP contribution in [0.4, 0.5) is 4.79 Å². The lowest BCUT2D eigenvalue weighted by molar-refractivity contribution is -0.143. The number of hydrogen-bond donors (Lipinski definition) is 1. The number of amides is 1. The van der Waals surface area contributed by atoms with Gasteiger partial charge in [-0.2, -0.15) is 0 Å². The zero-order valence-corrected chi connectivity index (χ0v) is 14.6. The second-order valence-corrected chi connectivity index (χ2v) is 6.57. The number of hydrogen-bond acceptors (Lipinski definition) is 5. The zero-order chi connectivity index (χ0) is 18.1. The quantitative estimate of drug-likeness (QED) is 0.912. The van der Waals surface area contributed by atoms with Crippen LogP contribution < -0.4 is 9.47 Å². The molecule has 0 spiro atoms. The Balaban J connectivity index is 2.44. The van der Waals surface area contributed by atoms with E-state index < -0.39 is 23.7 Å². The topological polar surface area (TPSA) is 85.3 Å². The first-order valence-electron chi connectivity index (χ1n) is 7.65. The van der Waals surface area contributed by atoms with E-state index in [2.05, 4.69) is 0 Å².